The van der Waals surface area contributed by atoms with E-state index in [-0.39, 0.29) is 17.4 Å². The first kappa shape index (κ1) is 58.3. The summed E-state index contributed by atoms with van der Waals surface area (Å²) in [5.74, 6) is 1.92. The van der Waals surface area contributed by atoms with Crippen molar-refractivity contribution in [3.05, 3.63) is 141 Å². The Balaban J connectivity index is 1.62. The summed E-state index contributed by atoms with van der Waals surface area (Å²) in [6.07, 6.45) is 0. The Bertz CT molecular complexity index is 3400. The fraction of sp³-hybridized carbons (Fsp3) is 0.433. The Morgan fingerprint density at radius 1 is 0.468 bits per heavy atom. The average Bonchev–Trinajstić information content (AvgIpc) is 3.63. The highest BCUT2D eigenvalue weighted by Gasteiger charge is 2.36. The van der Waals surface area contributed by atoms with Crippen LogP contribution < -0.4 is 19.4 Å². The molecule has 0 spiro atoms. The van der Waals surface area contributed by atoms with Gasteiger partial charge in [-0.05, 0) is 166 Å². The molecule has 10 heteroatoms. The third-order valence-electron chi connectivity index (χ3n) is 15.0. The normalized spacial score (nSPS) is 14.9. The van der Waals surface area contributed by atoms with Gasteiger partial charge >= 0.3 is 16.8 Å². The summed E-state index contributed by atoms with van der Waals surface area (Å²) in [5.41, 5.74) is 18.8. The molecule has 0 aliphatic carbocycles. The fourth-order valence-electron chi connectivity index (χ4n) is 11.0. The Morgan fingerprint density at radius 2 is 0.831 bits per heavy atom. The second kappa shape index (κ2) is 20.4. The summed E-state index contributed by atoms with van der Waals surface area (Å²) in [6, 6.07) is 28.1. The van der Waals surface area contributed by atoms with Gasteiger partial charge in [0.05, 0.1) is 16.1 Å². The Hall–Kier alpha value is -4.82. The van der Waals surface area contributed by atoms with Gasteiger partial charge in [-0.2, -0.15) is 0 Å². The van der Waals surface area contributed by atoms with Gasteiger partial charge in [0.1, 0.15) is 35.0 Å². The summed E-state index contributed by atoms with van der Waals surface area (Å²) in [5, 5.41) is 4.65. The molecule has 0 saturated carbocycles. The molecule has 1 unspecified atom stereocenters. The molecule has 0 radical (unpaired) electrons. The zero-order chi connectivity index (χ0) is 57.0. The third kappa shape index (κ3) is 12.0. The van der Waals surface area contributed by atoms with Crippen molar-refractivity contribution in [3.63, 3.8) is 0 Å². The van der Waals surface area contributed by atoms with Crippen molar-refractivity contribution in [2.24, 2.45) is 0 Å². The lowest BCUT2D eigenvalue weighted by molar-refractivity contribution is 0.352. The molecule has 2 heterocycles. The SMILES string of the molecule is C=C1COP(Oc2c(-c3cc(-c4c(C)cc(C)cc4C)cc(C(C)(C)C)c3Op3oc4c([Si](C)(C)C)cc(C(C)(C)C)cc4c4cc(C(C)(C)C)cc([Si](C)(C)C)c4o3)cc(-c3c(C)cc(C)cc3C)cc2C(C)(C)C)O1. The van der Waals surface area contributed by atoms with Crippen LogP contribution in [0.4, 0.5) is 0 Å². The molecule has 6 aromatic carbocycles. The molecule has 1 saturated heterocycles. The smallest absolute Gasteiger partial charge is 0.420 e. The van der Waals surface area contributed by atoms with E-state index >= 15 is 0 Å². The molecule has 0 bridgehead atoms. The van der Waals surface area contributed by atoms with E-state index < -0.39 is 43.8 Å². The number of hydrogen-bond donors (Lipinski definition) is 0. The third-order valence-corrected chi connectivity index (χ3v) is 21.1. The van der Waals surface area contributed by atoms with Crippen molar-refractivity contribution in [2.75, 3.05) is 6.61 Å². The molecule has 1 aromatic heterocycles. The van der Waals surface area contributed by atoms with Crippen LogP contribution in [0.15, 0.2) is 93.5 Å². The average molecular weight is 1110 g/mol. The van der Waals surface area contributed by atoms with E-state index in [2.05, 4.69) is 243 Å². The zero-order valence-corrected chi connectivity index (χ0v) is 55.0. The lowest BCUT2D eigenvalue weighted by Gasteiger charge is -2.30. The van der Waals surface area contributed by atoms with Gasteiger partial charge in [-0.15, -0.1) is 0 Å². The Morgan fingerprint density at radius 3 is 1.14 bits per heavy atom. The number of rotatable bonds is 9. The minimum atomic E-state index is -2.18. The first-order valence-corrected chi connectivity index (χ1v) is 36.7. The van der Waals surface area contributed by atoms with E-state index in [1.54, 1.807) is 0 Å². The lowest BCUT2D eigenvalue weighted by Crippen LogP contribution is -2.39. The predicted octanol–water partition coefficient (Wildman–Crippen LogP) is 20.4. The second-order valence-corrected chi connectivity index (χ2v) is 40.5. The fourth-order valence-corrected chi connectivity index (χ4v) is 16.3. The van der Waals surface area contributed by atoms with Crippen LogP contribution in [0.3, 0.4) is 0 Å². The summed E-state index contributed by atoms with van der Waals surface area (Å²) >= 11 is 0. The Kier molecular flexibility index (Phi) is 15.4. The van der Waals surface area contributed by atoms with Gasteiger partial charge in [0.15, 0.2) is 0 Å². The molecule has 410 valence electrons. The summed E-state index contributed by atoms with van der Waals surface area (Å²) in [4.78, 5) is 0. The van der Waals surface area contributed by atoms with Crippen LogP contribution in [0.2, 0.25) is 39.3 Å². The molecule has 1 atom stereocenters. The van der Waals surface area contributed by atoms with E-state index in [0.29, 0.717) is 17.3 Å². The standard InChI is InChI=1S/C67H88O6P2Si2/c1-39-26-41(3)58(42(4)27-39)46-30-50(60(54(32-46)66(14,15)16)70-74-68-38-45(7)69-74)51-31-47(59-43(5)28-40(2)29-44(59)6)33-55(67(17,18)19)61(51)71-75-72-62-52(34-48(64(8,9)10)36-56(62)76(20,21)22)53-35-49(65(11,12)13)37-57(63(53)73-75)77(23,24)25/h26-37H,7,38H2,1-6,8-25H3. The van der Waals surface area contributed by atoms with Crippen LogP contribution in [-0.4, -0.2) is 22.8 Å². The van der Waals surface area contributed by atoms with E-state index in [0.717, 1.165) is 55.3 Å². The van der Waals surface area contributed by atoms with Gasteiger partial charge in [-0.3, -0.25) is 4.52 Å². The summed E-state index contributed by atoms with van der Waals surface area (Å²) < 4.78 is 42.8. The number of hydrogen-bond acceptors (Lipinski definition) is 6. The molecule has 6 nitrogen and oxygen atoms in total. The number of aryl methyl sites for hydroxylation is 6. The van der Waals surface area contributed by atoms with Crippen molar-refractivity contribution in [2.45, 2.75) is 186 Å². The first-order chi connectivity index (χ1) is 35.3. The number of benzene rings is 6. The van der Waals surface area contributed by atoms with Gasteiger partial charge < -0.3 is 22.0 Å². The van der Waals surface area contributed by atoms with E-state index in [1.807, 2.05) is 0 Å². The highest BCUT2D eigenvalue weighted by Crippen LogP contribution is 2.57. The largest absolute Gasteiger partial charge is 0.463 e. The second-order valence-electron chi connectivity index (χ2n) is 28.4. The van der Waals surface area contributed by atoms with Gasteiger partial charge in [-0.1, -0.05) is 176 Å². The highest BCUT2D eigenvalue weighted by molar-refractivity contribution is 7.42. The van der Waals surface area contributed by atoms with E-state index in [9.17, 15) is 0 Å². The van der Waals surface area contributed by atoms with Crippen LogP contribution in [-0.2, 0) is 30.7 Å². The van der Waals surface area contributed by atoms with E-state index in [4.69, 9.17) is 26.5 Å². The minimum Gasteiger partial charge on any atom is -0.420 e. The Labute approximate surface area is 467 Å². The highest BCUT2D eigenvalue weighted by atomic mass is 31.2. The number of fused-ring (bicyclic) bond motifs is 3. The maximum atomic E-state index is 7.89. The maximum absolute atomic E-state index is 7.89. The molecule has 0 N–H and O–H groups in total. The van der Waals surface area contributed by atoms with Crippen LogP contribution in [0.1, 0.15) is 139 Å². The van der Waals surface area contributed by atoms with Gasteiger partial charge in [0, 0.05) is 33.0 Å². The van der Waals surface area contributed by atoms with Crippen molar-refractivity contribution < 1.29 is 26.5 Å². The predicted molar refractivity (Wildman–Crippen MR) is 338 cm³/mol. The summed E-state index contributed by atoms with van der Waals surface area (Å²) in [7, 11) is -8.24. The van der Waals surface area contributed by atoms with Crippen molar-refractivity contribution >= 4 is 65.3 Å². The van der Waals surface area contributed by atoms with Crippen molar-refractivity contribution in [3.8, 4) is 44.9 Å². The van der Waals surface area contributed by atoms with Crippen LogP contribution in [0, 0.1) is 41.5 Å². The monoisotopic (exact) mass is 1110 g/mol. The molecule has 77 heavy (non-hydrogen) atoms. The van der Waals surface area contributed by atoms with E-state index in [1.165, 1.54) is 66.0 Å². The van der Waals surface area contributed by atoms with Crippen LogP contribution >= 0.6 is 16.8 Å². The zero-order valence-electron chi connectivity index (χ0n) is 51.2. The lowest BCUT2D eigenvalue weighted by atomic mass is 9.78. The minimum absolute atomic E-state index is 0.118. The molecular formula is C67H88O6P2Si2. The quantitative estimate of drug-likeness (QED) is 0.106. The molecule has 1 aliphatic heterocycles. The van der Waals surface area contributed by atoms with Gasteiger partial charge in [-0.25, -0.2) is 0 Å². The molecule has 1 fully saturated rings. The van der Waals surface area contributed by atoms with Crippen molar-refractivity contribution in [1.82, 2.24) is 0 Å². The maximum Gasteiger partial charge on any atom is 0.463 e. The van der Waals surface area contributed by atoms with Crippen LogP contribution in [0.5, 0.6) is 11.5 Å². The summed E-state index contributed by atoms with van der Waals surface area (Å²) in [6.45, 7) is 59.6. The molecule has 0 amide bonds. The molecule has 8 rings (SSSR count). The van der Waals surface area contributed by atoms with Gasteiger partial charge in [0.25, 0.3) is 0 Å². The molecule has 7 aromatic rings. The first-order valence-electron chi connectivity index (χ1n) is 27.5. The topological polar surface area (TPSA) is 63.2 Å². The van der Waals surface area contributed by atoms with Crippen molar-refractivity contribution in [1.29, 1.82) is 0 Å². The molecule has 1 aliphatic rings. The van der Waals surface area contributed by atoms with Crippen LogP contribution in [0.25, 0.3) is 55.3 Å². The molecular weight excluding hydrogens is 1020 g/mol. The van der Waals surface area contributed by atoms with Gasteiger partial charge in [0.2, 0.25) is 0 Å².